The molecule has 0 radical (unpaired) electrons. The van der Waals surface area contributed by atoms with Gasteiger partial charge in [-0.2, -0.15) is 0 Å². The van der Waals surface area contributed by atoms with Gasteiger partial charge in [-0.25, -0.2) is 4.98 Å². The fourth-order valence-electron chi connectivity index (χ4n) is 1.88. The maximum atomic E-state index is 5.75. The van der Waals surface area contributed by atoms with Crippen molar-refractivity contribution < 1.29 is 9.15 Å². The molecule has 1 fully saturated rings. The molecule has 4 nitrogen and oxygen atoms in total. The van der Waals surface area contributed by atoms with Crippen molar-refractivity contribution in [1.29, 1.82) is 0 Å². The number of oxazole rings is 1. The van der Waals surface area contributed by atoms with Crippen LogP contribution in [0, 0.1) is 0 Å². The monoisotopic (exact) mass is 210 g/mol. The predicted molar refractivity (Wildman–Crippen MR) is 56.4 cm³/mol. The Labute approximate surface area is 89.8 Å². The van der Waals surface area contributed by atoms with Gasteiger partial charge < -0.3 is 14.9 Å². The minimum absolute atomic E-state index is 0.121. The number of hydrogen-bond acceptors (Lipinski definition) is 4. The van der Waals surface area contributed by atoms with E-state index in [1.54, 1.807) is 0 Å². The first-order valence-electron chi connectivity index (χ1n) is 5.59. The summed E-state index contributed by atoms with van der Waals surface area (Å²) in [6.07, 6.45) is 3.11. The van der Waals surface area contributed by atoms with Crippen LogP contribution in [0.2, 0.25) is 0 Å². The number of nitrogens with zero attached hydrogens (tertiary/aromatic N) is 1. The minimum atomic E-state index is -0.148. The first-order chi connectivity index (χ1) is 7.22. The molecule has 0 saturated carbocycles. The normalized spacial score (nSPS) is 23.3. The molecule has 2 rings (SSSR count). The third-order valence-corrected chi connectivity index (χ3v) is 2.69. The predicted octanol–water partition coefficient (Wildman–Crippen LogP) is 2.11. The lowest BCUT2D eigenvalue weighted by atomic mass is 10.1. The maximum Gasteiger partial charge on any atom is 0.211 e. The van der Waals surface area contributed by atoms with Crippen LogP contribution in [-0.4, -0.2) is 11.6 Å². The van der Waals surface area contributed by atoms with Crippen LogP contribution in [0.4, 0.5) is 0 Å². The molecule has 1 aromatic rings. The SMILES string of the molecule is CCc1oc(C(C)N)nc1C1CCCO1. The van der Waals surface area contributed by atoms with Gasteiger partial charge in [0.2, 0.25) is 5.89 Å². The molecule has 0 spiro atoms. The summed E-state index contributed by atoms with van der Waals surface area (Å²) >= 11 is 0. The number of ether oxygens (including phenoxy) is 1. The average molecular weight is 210 g/mol. The molecule has 1 aliphatic rings. The summed E-state index contributed by atoms with van der Waals surface area (Å²) in [4.78, 5) is 4.45. The maximum absolute atomic E-state index is 5.75. The average Bonchev–Trinajstić information content (AvgIpc) is 2.86. The first kappa shape index (κ1) is 10.6. The van der Waals surface area contributed by atoms with Gasteiger partial charge in [-0.15, -0.1) is 0 Å². The van der Waals surface area contributed by atoms with Crippen molar-refractivity contribution >= 4 is 0 Å². The van der Waals surface area contributed by atoms with Crippen molar-refractivity contribution in [3.05, 3.63) is 17.3 Å². The van der Waals surface area contributed by atoms with Gasteiger partial charge in [0.15, 0.2) is 0 Å². The topological polar surface area (TPSA) is 61.3 Å². The van der Waals surface area contributed by atoms with E-state index < -0.39 is 0 Å². The zero-order chi connectivity index (χ0) is 10.8. The summed E-state index contributed by atoms with van der Waals surface area (Å²) in [5, 5.41) is 0. The van der Waals surface area contributed by atoms with E-state index in [0.29, 0.717) is 5.89 Å². The molecule has 2 N–H and O–H groups in total. The minimum Gasteiger partial charge on any atom is -0.444 e. The van der Waals surface area contributed by atoms with Gasteiger partial charge in [-0.3, -0.25) is 0 Å². The highest BCUT2D eigenvalue weighted by Crippen LogP contribution is 2.31. The van der Waals surface area contributed by atoms with Crippen LogP contribution < -0.4 is 5.73 Å². The molecule has 2 unspecified atom stereocenters. The summed E-state index contributed by atoms with van der Waals surface area (Å²) < 4.78 is 11.2. The highest BCUT2D eigenvalue weighted by Gasteiger charge is 2.25. The second-order valence-corrected chi connectivity index (χ2v) is 4.00. The van der Waals surface area contributed by atoms with E-state index in [2.05, 4.69) is 11.9 Å². The Morgan fingerprint density at radius 3 is 2.93 bits per heavy atom. The van der Waals surface area contributed by atoms with E-state index in [0.717, 1.165) is 37.3 Å². The fourth-order valence-corrected chi connectivity index (χ4v) is 1.88. The Morgan fingerprint density at radius 2 is 2.40 bits per heavy atom. The van der Waals surface area contributed by atoms with Crippen LogP contribution in [0.5, 0.6) is 0 Å². The molecule has 0 amide bonds. The number of aromatic nitrogens is 1. The van der Waals surface area contributed by atoms with Gasteiger partial charge in [-0.1, -0.05) is 6.92 Å². The summed E-state index contributed by atoms with van der Waals surface area (Å²) in [5.41, 5.74) is 6.71. The van der Waals surface area contributed by atoms with E-state index >= 15 is 0 Å². The molecular weight excluding hydrogens is 192 g/mol. The molecule has 15 heavy (non-hydrogen) atoms. The molecule has 1 saturated heterocycles. The molecule has 84 valence electrons. The zero-order valence-electron chi connectivity index (χ0n) is 9.32. The Hall–Kier alpha value is -0.870. The highest BCUT2D eigenvalue weighted by molar-refractivity contribution is 5.15. The van der Waals surface area contributed by atoms with Crippen molar-refractivity contribution in [2.75, 3.05) is 6.61 Å². The summed E-state index contributed by atoms with van der Waals surface area (Å²) in [7, 11) is 0. The van der Waals surface area contributed by atoms with Crippen LogP contribution >= 0.6 is 0 Å². The quantitative estimate of drug-likeness (QED) is 0.830. The molecule has 0 aromatic carbocycles. The Balaban J connectivity index is 2.27. The van der Waals surface area contributed by atoms with Gasteiger partial charge in [0.25, 0.3) is 0 Å². The van der Waals surface area contributed by atoms with Crippen molar-refractivity contribution in [2.24, 2.45) is 5.73 Å². The van der Waals surface area contributed by atoms with Crippen molar-refractivity contribution in [3.8, 4) is 0 Å². The standard InChI is InChI=1S/C11H18N2O2/c1-3-8-10(9-5-4-6-14-9)13-11(15-8)7(2)12/h7,9H,3-6,12H2,1-2H3. The molecule has 0 bridgehead atoms. The second kappa shape index (κ2) is 4.33. The van der Waals surface area contributed by atoms with Crippen LogP contribution in [-0.2, 0) is 11.2 Å². The summed E-state index contributed by atoms with van der Waals surface area (Å²) in [6, 6.07) is -0.148. The number of nitrogens with two attached hydrogens (primary N) is 1. The molecule has 1 aromatic heterocycles. The molecule has 0 aliphatic carbocycles. The van der Waals surface area contributed by atoms with Crippen LogP contribution in [0.15, 0.2) is 4.42 Å². The van der Waals surface area contributed by atoms with Crippen molar-refractivity contribution in [3.63, 3.8) is 0 Å². The second-order valence-electron chi connectivity index (χ2n) is 4.00. The zero-order valence-corrected chi connectivity index (χ0v) is 9.32. The number of aryl methyl sites for hydroxylation is 1. The van der Waals surface area contributed by atoms with Gasteiger partial charge in [0.1, 0.15) is 17.6 Å². The summed E-state index contributed by atoms with van der Waals surface area (Å²) in [5.74, 6) is 1.55. The van der Waals surface area contributed by atoms with E-state index in [1.807, 2.05) is 6.92 Å². The highest BCUT2D eigenvalue weighted by atomic mass is 16.5. The van der Waals surface area contributed by atoms with E-state index in [9.17, 15) is 0 Å². The number of rotatable bonds is 3. The van der Waals surface area contributed by atoms with E-state index in [4.69, 9.17) is 14.9 Å². The Bertz CT molecular complexity index is 327. The molecule has 2 heterocycles. The lowest BCUT2D eigenvalue weighted by Crippen LogP contribution is -2.06. The van der Waals surface area contributed by atoms with E-state index in [1.165, 1.54) is 0 Å². The molecule has 2 atom stereocenters. The lowest BCUT2D eigenvalue weighted by molar-refractivity contribution is 0.107. The van der Waals surface area contributed by atoms with Gasteiger partial charge in [-0.05, 0) is 19.8 Å². The van der Waals surface area contributed by atoms with Crippen LogP contribution in [0.1, 0.15) is 56.2 Å². The van der Waals surface area contributed by atoms with Crippen LogP contribution in [0.3, 0.4) is 0 Å². The van der Waals surface area contributed by atoms with Crippen molar-refractivity contribution in [1.82, 2.24) is 4.98 Å². The van der Waals surface area contributed by atoms with Gasteiger partial charge >= 0.3 is 0 Å². The largest absolute Gasteiger partial charge is 0.444 e. The first-order valence-corrected chi connectivity index (χ1v) is 5.59. The fraction of sp³-hybridized carbons (Fsp3) is 0.727. The number of hydrogen-bond donors (Lipinski definition) is 1. The van der Waals surface area contributed by atoms with E-state index in [-0.39, 0.29) is 12.1 Å². The van der Waals surface area contributed by atoms with Gasteiger partial charge in [0.05, 0.1) is 6.04 Å². The lowest BCUT2D eigenvalue weighted by Gasteiger charge is -2.05. The van der Waals surface area contributed by atoms with Crippen molar-refractivity contribution in [2.45, 2.75) is 45.3 Å². The van der Waals surface area contributed by atoms with Crippen LogP contribution in [0.25, 0.3) is 0 Å². The third kappa shape index (κ3) is 2.06. The summed E-state index contributed by atoms with van der Waals surface area (Å²) in [6.45, 7) is 4.77. The molecule has 1 aliphatic heterocycles. The van der Waals surface area contributed by atoms with Gasteiger partial charge in [0, 0.05) is 13.0 Å². The Morgan fingerprint density at radius 1 is 1.60 bits per heavy atom. The smallest absolute Gasteiger partial charge is 0.211 e. The molecular formula is C11H18N2O2. The Kier molecular flexibility index (Phi) is 3.07. The third-order valence-electron chi connectivity index (χ3n) is 2.69. The molecule has 4 heteroatoms.